The van der Waals surface area contributed by atoms with Gasteiger partial charge in [0, 0.05) is 0 Å². The molecule has 140 valence electrons. The number of para-hydroxylation sites is 1. The predicted octanol–water partition coefficient (Wildman–Crippen LogP) is 4.47. The molecule has 4 nitrogen and oxygen atoms in total. The summed E-state index contributed by atoms with van der Waals surface area (Å²) in [6.45, 7) is 9.10. The maximum Gasteiger partial charge on any atom is 0.261 e. The maximum absolute atomic E-state index is 12.3. The van der Waals surface area contributed by atoms with Crippen molar-refractivity contribution in [1.29, 1.82) is 0 Å². The van der Waals surface area contributed by atoms with Crippen LogP contribution < -0.4 is 14.8 Å². The molecule has 26 heavy (non-hydrogen) atoms. The van der Waals surface area contributed by atoms with Crippen LogP contribution in [0.15, 0.2) is 48.5 Å². The molecule has 0 radical (unpaired) electrons. The molecule has 0 bridgehead atoms. The summed E-state index contributed by atoms with van der Waals surface area (Å²) in [6, 6.07) is 15.7. The van der Waals surface area contributed by atoms with Crippen LogP contribution in [0.4, 0.5) is 0 Å². The summed E-state index contributed by atoms with van der Waals surface area (Å²) in [7, 11) is 0. The molecule has 4 heteroatoms. The first kappa shape index (κ1) is 19.8. The molecule has 1 amide bonds. The topological polar surface area (TPSA) is 47.6 Å². The molecule has 0 saturated carbocycles. The molecule has 1 atom stereocenters. The van der Waals surface area contributed by atoms with Gasteiger partial charge in [-0.2, -0.15) is 0 Å². The Labute approximate surface area is 156 Å². The molecule has 0 aromatic heterocycles. The molecular weight excluding hydrogens is 326 g/mol. The van der Waals surface area contributed by atoms with Crippen molar-refractivity contribution in [1.82, 2.24) is 5.32 Å². The van der Waals surface area contributed by atoms with Crippen LogP contribution in [0.25, 0.3) is 0 Å². The van der Waals surface area contributed by atoms with Crippen LogP contribution in [0.2, 0.25) is 0 Å². The number of carbonyl (C=O) groups excluding carboxylic acids is 1. The fourth-order valence-electron chi connectivity index (χ4n) is 2.64. The highest BCUT2D eigenvalue weighted by atomic mass is 16.5. The van der Waals surface area contributed by atoms with Gasteiger partial charge in [0.1, 0.15) is 18.1 Å². The van der Waals surface area contributed by atoms with E-state index in [4.69, 9.17) is 9.47 Å². The summed E-state index contributed by atoms with van der Waals surface area (Å²) in [6.07, 6.45) is 0.108. The van der Waals surface area contributed by atoms with Gasteiger partial charge in [-0.3, -0.25) is 4.79 Å². The third-order valence-electron chi connectivity index (χ3n) is 4.16. The van der Waals surface area contributed by atoms with Crippen LogP contribution in [-0.4, -0.2) is 25.2 Å². The molecule has 0 aliphatic heterocycles. The van der Waals surface area contributed by atoms with E-state index >= 15 is 0 Å². The predicted molar refractivity (Wildman–Crippen MR) is 105 cm³/mol. The zero-order valence-corrected chi connectivity index (χ0v) is 16.1. The Hall–Kier alpha value is -2.49. The lowest BCUT2D eigenvalue weighted by Crippen LogP contribution is -2.39. The van der Waals surface area contributed by atoms with Crippen molar-refractivity contribution in [2.45, 2.75) is 46.1 Å². The van der Waals surface area contributed by atoms with Crippen molar-refractivity contribution in [3.63, 3.8) is 0 Å². The summed E-state index contributed by atoms with van der Waals surface area (Å²) in [4.78, 5) is 12.3. The van der Waals surface area contributed by atoms with Crippen molar-refractivity contribution >= 4 is 5.91 Å². The number of hydrogen-bond acceptors (Lipinski definition) is 3. The van der Waals surface area contributed by atoms with Gasteiger partial charge in [0.15, 0.2) is 6.10 Å². The summed E-state index contributed by atoms with van der Waals surface area (Å²) >= 11 is 0. The maximum atomic E-state index is 12.3. The number of amides is 1. The molecule has 0 aliphatic rings. The Morgan fingerprint density at radius 3 is 2.42 bits per heavy atom. The molecule has 0 heterocycles. The van der Waals surface area contributed by atoms with Crippen LogP contribution in [-0.2, 0) is 4.79 Å². The van der Waals surface area contributed by atoms with Crippen LogP contribution in [0.5, 0.6) is 11.5 Å². The van der Waals surface area contributed by atoms with Gasteiger partial charge >= 0.3 is 0 Å². The van der Waals surface area contributed by atoms with E-state index in [1.165, 1.54) is 5.56 Å². The highest BCUT2D eigenvalue weighted by Crippen LogP contribution is 2.25. The summed E-state index contributed by atoms with van der Waals surface area (Å²) in [5.41, 5.74) is 2.33. The smallest absolute Gasteiger partial charge is 0.261 e. The van der Waals surface area contributed by atoms with E-state index in [-0.39, 0.29) is 5.91 Å². The Kier molecular flexibility index (Phi) is 7.52. The molecule has 0 spiro atoms. The van der Waals surface area contributed by atoms with E-state index in [1.54, 1.807) is 0 Å². The SMILES string of the molecule is CC[C@@H](Oc1ccc(C)cc1)C(=O)NCCOc1ccccc1C(C)C. The van der Waals surface area contributed by atoms with E-state index in [0.717, 1.165) is 11.3 Å². The number of carbonyl (C=O) groups is 1. The van der Waals surface area contributed by atoms with E-state index in [0.29, 0.717) is 31.2 Å². The van der Waals surface area contributed by atoms with Crippen molar-refractivity contribution < 1.29 is 14.3 Å². The lowest BCUT2D eigenvalue weighted by molar-refractivity contribution is -0.128. The average Bonchev–Trinajstić information content (AvgIpc) is 2.64. The number of hydrogen-bond donors (Lipinski definition) is 1. The first-order valence-corrected chi connectivity index (χ1v) is 9.24. The molecule has 2 aromatic rings. The third kappa shape index (κ3) is 5.80. The number of aryl methyl sites for hydroxylation is 1. The van der Waals surface area contributed by atoms with E-state index in [2.05, 4.69) is 25.2 Å². The van der Waals surface area contributed by atoms with Crippen LogP contribution >= 0.6 is 0 Å². The van der Waals surface area contributed by atoms with Crippen molar-refractivity contribution in [2.75, 3.05) is 13.2 Å². The molecule has 0 saturated heterocycles. The number of benzene rings is 2. The lowest BCUT2D eigenvalue weighted by Gasteiger charge is -2.18. The summed E-state index contributed by atoms with van der Waals surface area (Å²) < 4.78 is 11.6. The summed E-state index contributed by atoms with van der Waals surface area (Å²) in [5, 5.41) is 2.90. The van der Waals surface area contributed by atoms with E-state index in [1.807, 2.05) is 56.3 Å². The molecule has 0 fully saturated rings. The molecule has 2 rings (SSSR count). The molecule has 0 unspecified atom stereocenters. The summed E-state index contributed by atoms with van der Waals surface area (Å²) in [5.74, 6) is 1.86. The van der Waals surface area contributed by atoms with Gasteiger partial charge in [-0.1, -0.05) is 56.7 Å². The van der Waals surface area contributed by atoms with Crippen LogP contribution in [0.3, 0.4) is 0 Å². The van der Waals surface area contributed by atoms with Gasteiger partial charge in [0.2, 0.25) is 0 Å². The highest BCUT2D eigenvalue weighted by Gasteiger charge is 2.18. The lowest BCUT2D eigenvalue weighted by atomic mass is 10.0. The normalized spacial score (nSPS) is 11.9. The van der Waals surface area contributed by atoms with Crippen molar-refractivity contribution in [3.8, 4) is 11.5 Å². The van der Waals surface area contributed by atoms with Gasteiger partial charge in [0.25, 0.3) is 5.91 Å². The standard InChI is InChI=1S/C22H29NO3/c1-5-20(26-18-12-10-17(4)11-13-18)22(24)23-14-15-25-21-9-7-6-8-19(21)16(2)3/h6-13,16,20H,5,14-15H2,1-4H3,(H,23,24)/t20-/m1/s1. The first-order chi connectivity index (χ1) is 12.5. The minimum atomic E-state index is -0.499. The number of nitrogens with one attached hydrogen (secondary N) is 1. The van der Waals surface area contributed by atoms with Gasteiger partial charge in [-0.05, 0) is 43.0 Å². The molecule has 0 aliphatic carbocycles. The molecule has 1 N–H and O–H groups in total. The third-order valence-corrected chi connectivity index (χ3v) is 4.16. The quantitative estimate of drug-likeness (QED) is 0.675. The number of ether oxygens (including phenoxy) is 2. The van der Waals surface area contributed by atoms with E-state index in [9.17, 15) is 4.79 Å². The zero-order valence-electron chi connectivity index (χ0n) is 16.1. The van der Waals surface area contributed by atoms with Crippen molar-refractivity contribution in [3.05, 3.63) is 59.7 Å². The fourth-order valence-corrected chi connectivity index (χ4v) is 2.64. The fraction of sp³-hybridized carbons (Fsp3) is 0.409. The van der Waals surface area contributed by atoms with Gasteiger partial charge in [-0.25, -0.2) is 0 Å². The second-order valence-electron chi connectivity index (χ2n) is 6.66. The number of rotatable bonds is 9. The van der Waals surface area contributed by atoms with Gasteiger partial charge < -0.3 is 14.8 Å². The molecule has 2 aromatic carbocycles. The Bertz CT molecular complexity index is 695. The zero-order chi connectivity index (χ0) is 18.9. The van der Waals surface area contributed by atoms with Crippen LogP contribution in [0.1, 0.15) is 44.2 Å². The van der Waals surface area contributed by atoms with Gasteiger partial charge in [-0.15, -0.1) is 0 Å². The second-order valence-corrected chi connectivity index (χ2v) is 6.66. The highest BCUT2D eigenvalue weighted by molar-refractivity contribution is 5.81. The average molecular weight is 355 g/mol. The minimum absolute atomic E-state index is 0.117. The van der Waals surface area contributed by atoms with E-state index < -0.39 is 6.10 Å². The Balaban J connectivity index is 1.81. The van der Waals surface area contributed by atoms with Crippen LogP contribution in [0, 0.1) is 6.92 Å². The first-order valence-electron chi connectivity index (χ1n) is 9.24. The second kappa shape index (κ2) is 9.85. The van der Waals surface area contributed by atoms with Gasteiger partial charge in [0.05, 0.1) is 6.54 Å². The monoisotopic (exact) mass is 355 g/mol. The largest absolute Gasteiger partial charge is 0.491 e. The Morgan fingerprint density at radius 1 is 1.08 bits per heavy atom. The molecular formula is C22H29NO3. The van der Waals surface area contributed by atoms with Crippen molar-refractivity contribution in [2.24, 2.45) is 0 Å². The minimum Gasteiger partial charge on any atom is -0.491 e. The Morgan fingerprint density at radius 2 is 1.77 bits per heavy atom.